The molecule has 14 nitrogen and oxygen atoms in total. The van der Waals surface area contributed by atoms with Crippen molar-refractivity contribution in [2.24, 2.45) is 45.3 Å². The third kappa shape index (κ3) is 6.50. The Balaban J connectivity index is 1.25. The molecule has 7 fully saturated rings. The summed E-state index contributed by atoms with van der Waals surface area (Å²) in [6, 6.07) is 0. The monoisotopic (exact) mass is 786 g/mol. The molecule has 7 aliphatic rings. The Kier molecular flexibility index (Phi) is 11.1. The summed E-state index contributed by atoms with van der Waals surface area (Å²) in [6.45, 7) is 15.8. The number of aliphatic hydroxyl groups is 9. The first-order chi connectivity index (χ1) is 25.4. The first kappa shape index (κ1) is 42.6. The summed E-state index contributed by atoms with van der Waals surface area (Å²) in [5, 5.41) is 98.7. The molecule has 4 aliphatic carbocycles. The molecule has 7 rings (SSSR count). The maximum atomic E-state index is 12.4. The minimum Gasteiger partial charge on any atom is -0.394 e. The molecule has 0 bridgehead atoms. The van der Waals surface area contributed by atoms with Crippen molar-refractivity contribution in [2.45, 2.75) is 198 Å². The van der Waals surface area contributed by atoms with Gasteiger partial charge in [-0.2, -0.15) is 0 Å². The van der Waals surface area contributed by atoms with Gasteiger partial charge in [-0.3, -0.25) is 0 Å². The fraction of sp³-hybridized carbons (Fsp3) is 1.00. The Morgan fingerprint density at radius 3 is 2.07 bits per heavy atom. The molecule has 13 unspecified atom stereocenters. The topological polar surface area (TPSA) is 228 Å². The highest BCUT2D eigenvalue weighted by Crippen LogP contribution is 2.76. The Hall–Kier alpha value is -0.560. The van der Waals surface area contributed by atoms with Gasteiger partial charge in [0.2, 0.25) is 0 Å². The fourth-order valence-corrected chi connectivity index (χ4v) is 13.9. The van der Waals surface area contributed by atoms with Gasteiger partial charge in [-0.1, -0.05) is 34.6 Å². The third-order valence-electron chi connectivity index (χ3n) is 17.0. The zero-order chi connectivity index (χ0) is 40.4. The predicted octanol–water partition coefficient (Wildman–Crippen LogP) is 0.970. The number of aliphatic hydroxyl groups excluding tert-OH is 8. The van der Waals surface area contributed by atoms with Crippen LogP contribution in [-0.4, -0.2) is 150 Å². The highest BCUT2D eigenvalue weighted by molar-refractivity contribution is 5.22. The quantitative estimate of drug-likeness (QED) is 0.164. The van der Waals surface area contributed by atoms with Crippen LogP contribution in [0.5, 0.6) is 0 Å². The van der Waals surface area contributed by atoms with Crippen molar-refractivity contribution < 1.29 is 69.6 Å². The molecule has 3 aliphatic heterocycles. The Morgan fingerprint density at radius 2 is 1.44 bits per heavy atom. The van der Waals surface area contributed by atoms with E-state index in [1.165, 1.54) is 0 Å². The average molecular weight is 787 g/mol. The minimum atomic E-state index is -1.68. The maximum Gasteiger partial charge on any atom is 0.187 e. The van der Waals surface area contributed by atoms with E-state index < -0.39 is 108 Å². The third-order valence-corrected chi connectivity index (χ3v) is 17.0. The van der Waals surface area contributed by atoms with Crippen LogP contribution in [0.4, 0.5) is 0 Å². The van der Waals surface area contributed by atoms with Crippen molar-refractivity contribution in [3.05, 3.63) is 0 Å². The zero-order valence-corrected chi connectivity index (χ0v) is 34.0. The molecule has 3 heterocycles. The zero-order valence-electron chi connectivity index (χ0n) is 34.0. The SMILES string of the molecule is CC(C)(O)C1CC[C@@](C)([C@@H]2CC[C@]3(C)[C@H]2[C@H](O)CC2[C@@]4(C)CCC(O)C(C)(C)C4C(OC4OC(CO)C(O)C(O)C4O[C@@H]4OCC(O)C(O)C4O)C[C@]23C)O1. The van der Waals surface area contributed by atoms with Crippen LogP contribution < -0.4 is 0 Å². The van der Waals surface area contributed by atoms with E-state index in [0.717, 1.165) is 25.7 Å². The summed E-state index contributed by atoms with van der Waals surface area (Å²) < 4.78 is 31.6. The van der Waals surface area contributed by atoms with Gasteiger partial charge in [-0.25, -0.2) is 0 Å². The summed E-state index contributed by atoms with van der Waals surface area (Å²) in [7, 11) is 0. The lowest BCUT2D eigenvalue weighted by molar-refractivity contribution is -0.377. The van der Waals surface area contributed by atoms with E-state index in [2.05, 4.69) is 41.5 Å². The van der Waals surface area contributed by atoms with Crippen LogP contribution in [0.15, 0.2) is 0 Å². The Bertz CT molecular complexity index is 1390. The maximum absolute atomic E-state index is 12.4. The largest absolute Gasteiger partial charge is 0.394 e. The number of fused-ring (bicyclic) bond motifs is 5. The fourth-order valence-electron chi connectivity index (χ4n) is 13.9. The van der Waals surface area contributed by atoms with E-state index in [1.54, 1.807) is 13.8 Å². The Morgan fingerprint density at radius 1 is 0.745 bits per heavy atom. The second-order valence-electron chi connectivity index (χ2n) is 20.8. The van der Waals surface area contributed by atoms with E-state index in [1.807, 2.05) is 0 Å². The van der Waals surface area contributed by atoms with Crippen molar-refractivity contribution in [3.63, 3.8) is 0 Å². The van der Waals surface area contributed by atoms with E-state index in [4.69, 9.17) is 23.7 Å². The molecule has 0 aromatic carbocycles. The molecular formula is C41H70O14. The smallest absolute Gasteiger partial charge is 0.187 e. The summed E-state index contributed by atoms with van der Waals surface area (Å²) in [5.74, 6) is -0.233. The van der Waals surface area contributed by atoms with Crippen molar-refractivity contribution in [1.29, 1.82) is 0 Å². The van der Waals surface area contributed by atoms with Crippen molar-refractivity contribution in [3.8, 4) is 0 Å². The van der Waals surface area contributed by atoms with Crippen molar-refractivity contribution >= 4 is 0 Å². The van der Waals surface area contributed by atoms with Gasteiger partial charge in [0, 0.05) is 0 Å². The van der Waals surface area contributed by atoms with Crippen molar-refractivity contribution in [1.82, 2.24) is 0 Å². The van der Waals surface area contributed by atoms with Crippen LogP contribution in [0.25, 0.3) is 0 Å². The molecule has 3 saturated heterocycles. The van der Waals surface area contributed by atoms with Crippen LogP contribution >= 0.6 is 0 Å². The van der Waals surface area contributed by atoms with Gasteiger partial charge in [0.15, 0.2) is 12.6 Å². The normalized spacial score (nSPS) is 56.8. The first-order valence-electron chi connectivity index (χ1n) is 20.8. The van der Waals surface area contributed by atoms with Crippen LogP contribution in [0.1, 0.15) is 107 Å². The molecule has 0 aromatic heterocycles. The average Bonchev–Trinajstić information content (AvgIpc) is 3.70. The lowest BCUT2D eigenvalue weighted by Gasteiger charge is -2.72. The van der Waals surface area contributed by atoms with Gasteiger partial charge >= 0.3 is 0 Å². The second-order valence-corrected chi connectivity index (χ2v) is 20.8. The molecule has 9 N–H and O–H groups in total. The minimum absolute atomic E-state index is 0.0590. The molecule has 0 amide bonds. The number of ether oxygens (including phenoxy) is 5. The van der Waals surface area contributed by atoms with Gasteiger partial charge in [-0.05, 0) is 117 Å². The molecule has 4 saturated carbocycles. The highest BCUT2D eigenvalue weighted by Gasteiger charge is 2.74. The summed E-state index contributed by atoms with van der Waals surface area (Å²) in [5.41, 5.74) is -3.33. The van der Waals surface area contributed by atoms with Crippen molar-refractivity contribution in [2.75, 3.05) is 13.2 Å². The van der Waals surface area contributed by atoms with Gasteiger partial charge in [0.05, 0.1) is 48.8 Å². The molecular weight excluding hydrogens is 716 g/mol. The van der Waals surface area contributed by atoms with Gasteiger partial charge in [0.1, 0.15) is 42.7 Å². The standard InChI is InChI=1S/C41H70O14/c1-36(2)25(45)10-12-38(5)24-15-20(43)27-19(41(8)14-11-26(55-41)37(3,4)50)9-13-39(27,6)40(24,7)16-22(33(36)38)52-35-32(30(48)29(47)23(17-42)53-35)54-34-31(49)28(46)21(44)18-51-34/h19-35,42-50H,9-18H2,1-8H3/t19-,20-,21?,22?,23?,24?,25?,26?,27-,28?,29?,30?,31?,32?,33?,34+,35?,38-,39-,40-,41+/m1/s1. The van der Waals surface area contributed by atoms with Gasteiger partial charge in [0.25, 0.3) is 0 Å². The van der Waals surface area contributed by atoms with E-state index in [-0.39, 0.29) is 41.8 Å². The second kappa shape index (κ2) is 14.3. The molecule has 318 valence electrons. The molecule has 0 aromatic rings. The predicted molar refractivity (Wildman–Crippen MR) is 196 cm³/mol. The molecule has 55 heavy (non-hydrogen) atoms. The summed E-state index contributed by atoms with van der Waals surface area (Å²) in [4.78, 5) is 0. The first-order valence-corrected chi connectivity index (χ1v) is 20.8. The van der Waals surface area contributed by atoms with E-state index >= 15 is 0 Å². The number of hydrogen-bond donors (Lipinski definition) is 9. The van der Waals surface area contributed by atoms with Gasteiger partial charge in [-0.15, -0.1) is 0 Å². The lowest BCUT2D eigenvalue weighted by Crippen LogP contribution is -2.71. The number of rotatable bonds is 7. The summed E-state index contributed by atoms with van der Waals surface area (Å²) >= 11 is 0. The van der Waals surface area contributed by atoms with E-state index in [9.17, 15) is 46.0 Å². The molecule has 14 heteroatoms. The van der Waals surface area contributed by atoms with E-state index in [0.29, 0.717) is 25.7 Å². The van der Waals surface area contributed by atoms with Crippen LogP contribution in [-0.2, 0) is 23.7 Å². The van der Waals surface area contributed by atoms with Crippen LogP contribution in [0, 0.1) is 45.3 Å². The van der Waals surface area contributed by atoms with Crippen LogP contribution in [0.3, 0.4) is 0 Å². The molecule has 0 spiro atoms. The molecule has 21 atom stereocenters. The number of hydrogen-bond acceptors (Lipinski definition) is 14. The highest BCUT2D eigenvalue weighted by atomic mass is 16.8. The van der Waals surface area contributed by atoms with Crippen LogP contribution in [0.2, 0.25) is 0 Å². The Labute approximate surface area is 325 Å². The lowest BCUT2D eigenvalue weighted by atomic mass is 9.34. The van der Waals surface area contributed by atoms with Gasteiger partial charge < -0.3 is 69.6 Å². The molecule has 0 radical (unpaired) electrons. The summed E-state index contributed by atoms with van der Waals surface area (Å²) in [6.07, 6.45) is -9.89.